The quantitative estimate of drug-likeness (QED) is 0.636. The predicted molar refractivity (Wildman–Crippen MR) is 61.4 cm³/mol. The summed E-state index contributed by atoms with van der Waals surface area (Å²) in [5.74, 6) is -1.16. The van der Waals surface area contributed by atoms with Crippen LogP contribution in [0.15, 0.2) is 18.2 Å². The first-order valence-electron chi connectivity index (χ1n) is 5.30. The molecule has 4 N–H and O–H groups in total. The molecule has 3 rings (SSSR count). The first-order chi connectivity index (χ1) is 7.68. The van der Waals surface area contributed by atoms with Crippen LogP contribution in [0, 0.1) is 0 Å². The third-order valence-corrected chi connectivity index (χ3v) is 3.32. The zero-order valence-corrected chi connectivity index (χ0v) is 8.66. The van der Waals surface area contributed by atoms with Gasteiger partial charge in [-0.3, -0.25) is 4.79 Å². The molecule has 1 heterocycles. The van der Waals surface area contributed by atoms with E-state index in [0.29, 0.717) is 6.42 Å². The summed E-state index contributed by atoms with van der Waals surface area (Å²) in [4.78, 5) is 14.3. The molecule has 1 unspecified atom stereocenters. The lowest BCUT2D eigenvalue weighted by molar-refractivity contribution is -0.138. The van der Waals surface area contributed by atoms with Gasteiger partial charge in [-0.25, -0.2) is 0 Å². The summed E-state index contributed by atoms with van der Waals surface area (Å²) in [6.07, 6.45) is 1.46. The Morgan fingerprint density at radius 2 is 2.31 bits per heavy atom. The number of benzene rings is 1. The van der Waals surface area contributed by atoms with Crippen LogP contribution in [0.3, 0.4) is 0 Å². The molecular formula is C12H12N2O2. The summed E-state index contributed by atoms with van der Waals surface area (Å²) in [6.45, 7) is 0. The maximum atomic E-state index is 11.1. The van der Waals surface area contributed by atoms with E-state index in [1.165, 1.54) is 0 Å². The molecule has 1 aliphatic rings. The standard InChI is InChI=1S/C12H12N2O2/c13-8-2-1-3-9-10(8)6-4-5-7(12(15)16)11(6)14-9/h1-3,7,14H,4-5,13H2,(H,15,16). The highest BCUT2D eigenvalue weighted by Crippen LogP contribution is 2.39. The van der Waals surface area contributed by atoms with Crippen molar-refractivity contribution in [1.29, 1.82) is 0 Å². The highest BCUT2D eigenvalue weighted by molar-refractivity contribution is 5.97. The number of nitrogen functional groups attached to an aromatic ring is 1. The number of nitrogens with two attached hydrogens (primary N) is 1. The Kier molecular flexibility index (Phi) is 1.74. The van der Waals surface area contributed by atoms with Crippen LogP contribution >= 0.6 is 0 Å². The van der Waals surface area contributed by atoms with Crippen molar-refractivity contribution in [2.24, 2.45) is 0 Å². The van der Waals surface area contributed by atoms with E-state index in [4.69, 9.17) is 10.8 Å². The highest BCUT2D eigenvalue weighted by Gasteiger charge is 2.32. The monoisotopic (exact) mass is 216 g/mol. The Hall–Kier alpha value is -1.97. The number of carboxylic acids is 1. The molecule has 0 bridgehead atoms. The number of hydrogen-bond donors (Lipinski definition) is 3. The highest BCUT2D eigenvalue weighted by atomic mass is 16.4. The number of anilines is 1. The lowest BCUT2D eigenvalue weighted by atomic mass is 10.1. The van der Waals surface area contributed by atoms with Gasteiger partial charge in [0.2, 0.25) is 0 Å². The van der Waals surface area contributed by atoms with Crippen molar-refractivity contribution in [2.45, 2.75) is 18.8 Å². The number of aliphatic carboxylic acids is 1. The van der Waals surface area contributed by atoms with Crippen molar-refractivity contribution in [3.63, 3.8) is 0 Å². The summed E-state index contributed by atoms with van der Waals surface area (Å²) >= 11 is 0. The molecule has 4 heteroatoms. The molecule has 1 aromatic heterocycles. The molecule has 1 aliphatic carbocycles. The van der Waals surface area contributed by atoms with Crippen LogP contribution in [0.4, 0.5) is 5.69 Å². The minimum atomic E-state index is -0.760. The molecule has 1 atom stereocenters. The second-order valence-corrected chi connectivity index (χ2v) is 4.22. The molecule has 0 spiro atoms. The van der Waals surface area contributed by atoms with Gasteiger partial charge in [-0.15, -0.1) is 0 Å². The second kappa shape index (κ2) is 3.01. The molecule has 0 fully saturated rings. The van der Waals surface area contributed by atoms with Crippen LogP contribution in [-0.4, -0.2) is 16.1 Å². The zero-order valence-electron chi connectivity index (χ0n) is 8.66. The van der Waals surface area contributed by atoms with Crippen molar-refractivity contribution >= 4 is 22.6 Å². The van der Waals surface area contributed by atoms with Crippen LogP contribution < -0.4 is 5.73 Å². The number of nitrogens with one attached hydrogen (secondary N) is 1. The predicted octanol–water partition coefficient (Wildman–Crippen LogP) is 1.86. The summed E-state index contributed by atoms with van der Waals surface area (Å²) < 4.78 is 0. The topological polar surface area (TPSA) is 79.1 Å². The molecule has 2 aromatic rings. The van der Waals surface area contributed by atoms with Crippen LogP contribution in [-0.2, 0) is 11.2 Å². The molecule has 16 heavy (non-hydrogen) atoms. The van der Waals surface area contributed by atoms with Crippen molar-refractivity contribution < 1.29 is 9.90 Å². The van der Waals surface area contributed by atoms with E-state index in [1.54, 1.807) is 0 Å². The van der Waals surface area contributed by atoms with Gasteiger partial charge in [0.15, 0.2) is 0 Å². The SMILES string of the molecule is Nc1cccc2[nH]c3c(c12)CCC3C(=O)O. The number of fused-ring (bicyclic) bond motifs is 3. The second-order valence-electron chi connectivity index (χ2n) is 4.22. The third-order valence-electron chi connectivity index (χ3n) is 3.32. The zero-order chi connectivity index (χ0) is 11.3. The van der Waals surface area contributed by atoms with E-state index >= 15 is 0 Å². The summed E-state index contributed by atoms with van der Waals surface area (Å²) in [6, 6.07) is 5.66. The van der Waals surface area contributed by atoms with E-state index in [1.807, 2.05) is 18.2 Å². The van der Waals surface area contributed by atoms with Gasteiger partial charge in [-0.2, -0.15) is 0 Å². The molecule has 0 radical (unpaired) electrons. The number of aromatic nitrogens is 1. The first kappa shape index (κ1) is 9.27. The van der Waals surface area contributed by atoms with Gasteiger partial charge in [0.1, 0.15) is 0 Å². The van der Waals surface area contributed by atoms with Crippen LogP contribution in [0.1, 0.15) is 23.6 Å². The van der Waals surface area contributed by atoms with E-state index in [0.717, 1.165) is 34.3 Å². The van der Waals surface area contributed by atoms with Gasteiger partial charge in [0.05, 0.1) is 5.92 Å². The Balaban J connectivity index is 2.29. The number of aromatic amines is 1. The fourth-order valence-electron chi connectivity index (χ4n) is 2.60. The first-order valence-corrected chi connectivity index (χ1v) is 5.30. The summed E-state index contributed by atoms with van der Waals surface area (Å²) in [5.41, 5.74) is 9.51. The van der Waals surface area contributed by atoms with E-state index in [-0.39, 0.29) is 0 Å². The molecule has 0 amide bonds. The Bertz CT molecular complexity index is 586. The fraction of sp³-hybridized carbons (Fsp3) is 0.250. The molecule has 0 saturated carbocycles. The number of carboxylic acid groups (broad SMARTS) is 1. The average Bonchev–Trinajstić information content (AvgIpc) is 2.74. The van der Waals surface area contributed by atoms with Crippen molar-refractivity contribution in [3.05, 3.63) is 29.5 Å². The Labute approximate surface area is 92.1 Å². The molecule has 1 aromatic carbocycles. The van der Waals surface area contributed by atoms with Crippen LogP contribution in [0.25, 0.3) is 10.9 Å². The average molecular weight is 216 g/mol. The lowest BCUT2D eigenvalue weighted by Crippen LogP contribution is -2.08. The largest absolute Gasteiger partial charge is 0.481 e. The van der Waals surface area contributed by atoms with Gasteiger partial charge < -0.3 is 15.8 Å². The van der Waals surface area contributed by atoms with Gasteiger partial charge in [-0.1, -0.05) is 6.07 Å². The fourth-order valence-corrected chi connectivity index (χ4v) is 2.60. The Morgan fingerprint density at radius 1 is 1.50 bits per heavy atom. The minimum absolute atomic E-state index is 0.401. The number of rotatable bonds is 1. The maximum absolute atomic E-state index is 11.1. The smallest absolute Gasteiger partial charge is 0.312 e. The lowest BCUT2D eigenvalue weighted by Gasteiger charge is -2.01. The molecule has 0 saturated heterocycles. The molecule has 4 nitrogen and oxygen atoms in total. The van der Waals surface area contributed by atoms with Crippen molar-refractivity contribution in [3.8, 4) is 0 Å². The van der Waals surface area contributed by atoms with Gasteiger partial charge >= 0.3 is 5.97 Å². The van der Waals surface area contributed by atoms with E-state index < -0.39 is 11.9 Å². The molecule has 0 aliphatic heterocycles. The van der Waals surface area contributed by atoms with Gasteiger partial charge in [0, 0.05) is 22.3 Å². The summed E-state index contributed by atoms with van der Waals surface area (Å²) in [5, 5.41) is 10.1. The van der Waals surface area contributed by atoms with E-state index in [2.05, 4.69) is 4.98 Å². The third kappa shape index (κ3) is 1.07. The van der Waals surface area contributed by atoms with Gasteiger partial charge in [-0.05, 0) is 30.5 Å². The van der Waals surface area contributed by atoms with E-state index in [9.17, 15) is 4.79 Å². The van der Waals surface area contributed by atoms with Crippen molar-refractivity contribution in [1.82, 2.24) is 4.98 Å². The normalized spacial score (nSPS) is 18.9. The maximum Gasteiger partial charge on any atom is 0.312 e. The summed E-state index contributed by atoms with van der Waals surface area (Å²) in [7, 11) is 0. The number of carbonyl (C=O) groups is 1. The Morgan fingerprint density at radius 3 is 3.06 bits per heavy atom. The van der Waals surface area contributed by atoms with Crippen LogP contribution in [0.5, 0.6) is 0 Å². The van der Waals surface area contributed by atoms with Crippen LogP contribution in [0.2, 0.25) is 0 Å². The number of aryl methyl sites for hydroxylation is 1. The van der Waals surface area contributed by atoms with Crippen molar-refractivity contribution in [2.75, 3.05) is 5.73 Å². The number of hydrogen-bond acceptors (Lipinski definition) is 2. The van der Waals surface area contributed by atoms with Gasteiger partial charge in [0.25, 0.3) is 0 Å². The molecule has 82 valence electrons. The number of H-pyrrole nitrogens is 1. The minimum Gasteiger partial charge on any atom is -0.481 e. The molecular weight excluding hydrogens is 204 g/mol.